The molecule has 0 bridgehead atoms. The molecule has 1 aromatic carbocycles. The lowest BCUT2D eigenvalue weighted by Gasteiger charge is -2.28. The standard InChI is InChI=1S/C18H22N2O/c1-13(2)15-5-6-18-16(10-15)17(7-9-21-18)20-12-14-4-3-8-19-11-14/h3-6,8,10-11,13,17,20H,7,9,12H2,1-2H3. The number of nitrogens with one attached hydrogen (secondary N) is 1. The summed E-state index contributed by atoms with van der Waals surface area (Å²) >= 11 is 0. The number of ether oxygens (including phenoxy) is 1. The Morgan fingerprint density at radius 3 is 3.00 bits per heavy atom. The first kappa shape index (κ1) is 14.1. The zero-order valence-electron chi connectivity index (χ0n) is 12.7. The first-order valence-electron chi connectivity index (χ1n) is 7.63. The maximum Gasteiger partial charge on any atom is 0.124 e. The third kappa shape index (κ3) is 3.24. The van der Waals surface area contributed by atoms with Crippen molar-refractivity contribution in [3.05, 3.63) is 59.4 Å². The van der Waals surface area contributed by atoms with Crippen LogP contribution in [0.5, 0.6) is 5.75 Å². The van der Waals surface area contributed by atoms with Gasteiger partial charge in [-0.3, -0.25) is 4.98 Å². The van der Waals surface area contributed by atoms with Crippen molar-refractivity contribution in [2.24, 2.45) is 0 Å². The van der Waals surface area contributed by atoms with E-state index < -0.39 is 0 Å². The van der Waals surface area contributed by atoms with E-state index in [2.05, 4.69) is 48.4 Å². The summed E-state index contributed by atoms with van der Waals surface area (Å²) in [6, 6.07) is 11.0. The molecular formula is C18H22N2O. The highest BCUT2D eigenvalue weighted by Gasteiger charge is 2.21. The molecule has 1 atom stereocenters. The number of hydrogen-bond donors (Lipinski definition) is 1. The van der Waals surface area contributed by atoms with Crippen molar-refractivity contribution in [2.75, 3.05) is 6.61 Å². The molecule has 0 fully saturated rings. The van der Waals surface area contributed by atoms with Crippen molar-refractivity contribution >= 4 is 0 Å². The zero-order valence-corrected chi connectivity index (χ0v) is 12.7. The Morgan fingerprint density at radius 2 is 2.24 bits per heavy atom. The SMILES string of the molecule is CC(C)c1ccc2c(c1)C(NCc1cccnc1)CCO2. The van der Waals surface area contributed by atoms with Gasteiger partial charge >= 0.3 is 0 Å². The fourth-order valence-corrected chi connectivity index (χ4v) is 2.73. The lowest BCUT2D eigenvalue weighted by atomic mass is 9.94. The van der Waals surface area contributed by atoms with E-state index in [1.54, 1.807) is 0 Å². The van der Waals surface area contributed by atoms with E-state index in [0.29, 0.717) is 12.0 Å². The van der Waals surface area contributed by atoms with E-state index in [-0.39, 0.29) is 0 Å². The second-order valence-corrected chi connectivity index (χ2v) is 5.88. The Labute approximate surface area is 126 Å². The first-order valence-corrected chi connectivity index (χ1v) is 7.63. The lowest BCUT2D eigenvalue weighted by molar-refractivity contribution is 0.252. The van der Waals surface area contributed by atoms with Gasteiger partial charge < -0.3 is 10.1 Å². The van der Waals surface area contributed by atoms with Crippen LogP contribution in [0.2, 0.25) is 0 Å². The Hall–Kier alpha value is -1.87. The largest absolute Gasteiger partial charge is 0.493 e. The number of rotatable bonds is 4. The molecule has 3 heteroatoms. The number of pyridine rings is 1. The van der Waals surface area contributed by atoms with E-state index in [0.717, 1.165) is 25.3 Å². The van der Waals surface area contributed by atoms with E-state index in [1.165, 1.54) is 16.7 Å². The van der Waals surface area contributed by atoms with Gasteiger partial charge in [0.15, 0.2) is 0 Å². The van der Waals surface area contributed by atoms with Gasteiger partial charge in [0.1, 0.15) is 5.75 Å². The molecule has 2 heterocycles. The van der Waals surface area contributed by atoms with Gasteiger partial charge in [-0.05, 0) is 29.2 Å². The predicted molar refractivity (Wildman–Crippen MR) is 84.5 cm³/mol. The zero-order chi connectivity index (χ0) is 14.7. The summed E-state index contributed by atoms with van der Waals surface area (Å²) in [5.41, 5.74) is 3.87. The van der Waals surface area contributed by atoms with Crippen LogP contribution < -0.4 is 10.1 Å². The average molecular weight is 282 g/mol. The van der Waals surface area contributed by atoms with E-state index >= 15 is 0 Å². The molecule has 0 radical (unpaired) electrons. The molecule has 1 aliphatic rings. The van der Waals surface area contributed by atoms with Gasteiger partial charge in [-0.2, -0.15) is 0 Å². The fraction of sp³-hybridized carbons (Fsp3) is 0.389. The van der Waals surface area contributed by atoms with Crippen LogP contribution in [0.25, 0.3) is 0 Å². The molecule has 1 N–H and O–H groups in total. The minimum Gasteiger partial charge on any atom is -0.493 e. The van der Waals surface area contributed by atoms with Crippen LogP contribution in [-0.2, 0) is 6.54 Å². The molecule has 1 unspecified atom stereocenters. The first-order chi connectivity index (χ1) is 10.2. The molecule has 3 nitrogen and oxygen atoms in total. The highest BCUT2D eigenvalue weighted by molar-refractivity contribution is 5.41. The fourth-order valence-electron chi connectivity index (χ4n) is 2.73. The molecule has 110 valence electrons. The molecular weight excluding hydrogens is 260 g/mol. The van der Waals surface area contributed by atoms with Crippen molar-refractivity contribution in [1.82, 2.24) is 10.3 Å². The molecule has 21 heavy (non-hydrogen) atoms. The molecule has 1 aliphatic heterocycles. The summed E-state index contributed by atoms with van der Waals surface area (Å²) < 4.78 is 5.79. The van der Waals surface area contributed by atoms with Gasteiger partial charge in [0.05, 0.1) is 6.61 Å². The smallest absolute Gasteiger partial charge is 0.124 e. The maximum atomic E-state index is 5.79. The quantitative estimate of drug-likeness (QED) is 0.925. The second kappa shape index (κ2) is 6.27. The van der Waals surface area contributed by atoms with Gasteiger partial charge in [0.2, 0.25) is 0 Å². The number of hydrogen-bond acceptors (Lipinski definition) is 3. The number of benzene rings is 1. The topological polar surface area (TPSA) is 34.2 Å². The molecule has 0 aliphatic carbocycles. The van der Waals surface area contributed by atoms with Crippen LogP contribution in [0, 0.1) is 0 Å². The summed E-state index contributed by atoms with van der Waals surface area (Å²) in [5.74, 6) is 1.56. The van der Waals surface area contributed by atoms with Crippen molar-refractivity contribution in [3.63, 3.8) is 0 Å². The number of nitrogens with zero attached hydrogens (tertiary/aromatic N) is 1. The van der Waals surface area contributed by atoms with E-state index in [9.17, 15) is 0 Å². The molecule has 0 saturated heterocycles. The van der Waals surface area contributed by atoms with Crippen LogP contribution in [0.15, 0.2) is 42.7 Å². The third-order valence-corrected chi connectivity index (χ3v) is 4.02. The van der Waals surface area contributed by atoms with Gasteiger partial charge in [-0.1, -0.05) is 32.0 Å². The molecule has 0 saturated carbocycles. The Bertz CT molecular complexity index is 595. The predicted octanol–water partition coefficient (Wildman–Crippen LogP) is 3.82. The highest BCUT2D eigenvalue weighted by Crippen LogP contribution is 2.34. The molecule has 3 rings (SSSR count). The van der Waals surface area contributed by atoms with Gasteiger partial charge in [-0.15, -0.1) is 0 Å². The van der Waals surface area contributed by atoms with E-state index in [1.807, 2.05) is 18.5 Å². The Balaban J connectivity index is 1.77. The van der Waals surface area contributed by atoms with Crippen molar-refractivity contribution in [3.8, 4) is 5.75 Å². The lowest BCUT2D eigenvalue weighted by Crippen LogP contribution is -2.27. The molecule has 0 spiro atoms. The third-order valence-electron chi connectivity index (χ3n) is 4.02. The number of aromatic nitrogens is 1. The highest BCUT2D eigenvalue weighted by atomic mass is 16.5. The minimum absolute atomic E-state index is 0.354. The maximum absolute atomic E-state index is 5.79. The van der Waals surface area contributed by atoms with Crippen LogP contribution >= 0.6 is 0 Å². The monoisotopic (exact) mass is 282 g/mol. The average Bonchev–Trinajstić information content (AvgIpc) is 2.53. The molecule has 1 aromatic heterocycles. The summed E-state index contributed by atoms with van der Waals surface area (Å²) in [5, 5.41) is 3.64. The van der Waals surface area contributed by atoms with Crippen LogP contribution in [0.4, 0.5) is 0 Å². The summed E-state index contributed by atoms with van der Waals surface area (Å²) in [6.07, 6.45) is 4.73. The minimum atomic E-state index is 0.354. The van der Waals surface area contributed by atoms with Crippen molar-refractivity contribution in [1.29, 1.82) is 0 Å². The normalized spacial score (nSPS) is 17.4. The van der Waals surface area contributed by atoms with Crippen LogP contribution in [0.1, 0.15) is 48.9 Å². The van der Waals surface area contributed by atoms with Crippen LogP contribution in [0.3, 0.4) is 0 Å². The Kier molecular flexibility index (Phi) is 4.20. The molecule has 2 aromatic rings. The summed E-state index contributed by atoms with van der Waals surface area (Å²) in [4.78, 5) is 4.17. The van der Waals surface area contributed by atoms with Gasteiger partial charge in [-0.25, -0.2) is 0 Å². The number of fused-ring (bicyclic) bond motifs is 1. The second-order valence-electron chi connectivity index (χ2n) is 5.88. The van der Waals surface area contributed by atoms with E-state index in [4.69, 9.17) is 4.74 Å². The molecule has 0 amide bonds. The van der Waals surface area contributed by atoms with Crippen molar-refractivity contribution < 1.29 is 4.74 Å². The van der Waals surface area contributed by atoms with Crippen LogP contribution in [-0.4, -0.2) is 11.6 Å². The van der Waals surface area contributed by atoms with Gasteiger partial charge in [0.25, 0.3) is 0 Å². The summed E-state index contributed by atoms with van der Waals surface area (Å²) in [7, 11) is 0. The Morgan fingerprint density at radius 1 is 1.33 bits per heavy atom. The van der Waals surface area contributed by atoms with Gasteiger partial charge in [0, 0.05) is 37.0 Å². The summed E-state index contributed by atoms with van der Waals surface area (Å²) in [6.45, 7) is 6.07. The van der Waals surface area contributed by atoms with Crippen molar-refractivity contribution in [2.45, 2.75) is 38.8 Å².